The first-order valence-electron chi connectivity index (χ1n) is 10.4. The van der Waals surface area contributed by atoms with E-state index < -0.39 is 0 Å². The molecule has 0 bridgehead atoms. The van der Waals surface area contributed by atoms with Crippen molar-refractivity contribution in [1.82, 2.24) is 15.0 Å². The van der Waals surface area contributed by atoms with Crippen molar-refractivity contribution in [1.29, 1.82) is 0 Å². The molecule has 9 heteroatoms. The standard InChI is InChI=1S/C25H22N4O4S/c1-16(17-12-13-21(30)22(14-17)33-2)27-28-23(31)15-34-25-26-20-11-7-6-10-19(20)24(32)29(25)18-8-4-3-5-9-18/h3-14,30H,15H2,1-2H3,(H,28,31)/b27-16+. The summed E-state index contributed by atoms with van der Waals surface area (Å²) in [5, 5.41) is 14.8. The number of phenolic OH excluding ortho intramolecular Hbond substituents is 1. The summed E-state index contributed by atoms with van der Waals surface area (Å²) >= 11 is 1.15. The number of amides is 1. The van der Waals surface area contributed by atoms with Crippen molar-refractivity contribution in [2.45, 2.75) is 12.1 Å². The van der Waals surface area contributed by atoms with Crippen LogP contribution in [-0.2, 0) is 4.79 Å². The van der Waals surface area contributed by atoms with E-state index in [0.29, 0.717) is 38.8 Å². The van der Waals surface area contributed by atoms with Gasteiger partial charge in [-0.25, -0.2) is 10.4 Å². The number of ether oxygens (including phenoxy) is 1. The molecule has 1 aromatic heterocycles. The second-order valence-corrected chi connectivity index (χ2v) is 8.24. The molecule has 1 amide bonds. The normalized spacial score (nSPS) is 11.4. The Bertz CT molecular complexity index is 1430. The Morgan fingerprint density at radius 3 is 2.62 bits per heavy atom. The van der Waals surface area contributed by atoms with Crippen molar-refractivity contribution in [3.8, 4) is 17.2 Å². The number of thioether (sulfide) groups is 1. The number of rotatable bonds is 7. The number of methoxy groups -OCH3 is 1. The molecule has 0 aliphatic heterocycles. The first-order valence-corrected chi connectivity index (χ1v) is 11.4. The highest BCUT2D eigenvalue weighted by Crippen LogP contribution is 2.26. The van der Waals surface area contributed by atoms with E-state index in [9.17, 15) is 14.7 Å². The molecule has 8 nitrogen and oxygen atoms in total. The van der Waals surface area contributed by atoms with Gasteiger partial charge in [0.05, 0.1) is 35.2 Å². The number of hydrogen-bond donors (Lipinski definition) is 2. The summed E-state index contributed by atoms with van der Waals surface area (Å²) in [5.74, 6) is -0.00745. The Balaban J connectivity index is 1.55. The zero-order valence-electron chi connectivity index (χ0n) is 18.6. The van der Waals surface area contributed by atoms with Crippen LogP contribution >= 0.6 is 11.8 Å². The molecule has 0 fully saturated rings. The van der Waals surface area contributed by atoms with Gasteiger partial charge in [0.2, 0.25) is 0 Å². The fourth-order valence-electron chi connectivity index (χ4n) is 3.29. The summed E-state index contributed by atoms with van der Waals surface area (Å²) in [6.07, 6.45) is 0. The van der Waals surface area contributed by atoms with Gasteiger partial charge in [-0.1, -0.05) is 42.1 Å². The van der Waals surface area contributed by atoms with Crippen LogP contribution in [0.2, 0.25) is 0 Å². The summed E-state index contributed by atoms with van der Waals surface area (Å²) in [4.78, 5) is 30.3. The molecule has 4 aromatic rings. The average molecular weight is 475 g/mol. The molecule has 0 saturated heterocycles. The van der Waals surface area contributed by atoms with E-state index in [4.69, 9.17) is 4.74 Å². The largest absolute Gasteiger partial charge is 0.504 e. The van der Waals surface area contributed by atoms with Crippen molar-refractivity contribution in [2.75, 3.05) is 12.9 Å². The summed E-state index contributed by atoms with van der Waals surface area (Å²) < 4.78 is 6.62. The quantitative estimate of drug-likeness (QED) is 0.183. The molecule has 0 spiro atoms. The number of carbonyl (C=O) groups excluding carboxylic acids is 1. The lowest BCUT2D eigenvalue weighted by Gasteiger charge is -2.13. The highest BCUT2D eigenvalue weighted by Gasteiger charge is 2.14. The average Bonchev–Trinajstić information content (AvgIpc) is 2.87. The second-order valence-electron chi connectivity index (χ2n) is 7.30. The number of fused-ring (bicyclic) bond motifs is 1. The molecule has 0 atom stereocenters. The van der Waals surface area contributed by atoms with Crippen LogP contribution in [0, 0.1) is 0 Å². The van der Waals surface area contributed by atoms with Gasteiger partial charge in [0.15, 0.2) is 16.7 Å². The van der Waals surface area contributed by atoms with Gasteiger partial charge < -0.3 is 9.84 Å². The fraction of sp³-hybridized carbons (Fsp3) is 0.120. The maximum absolute atomic E-state index is 13.2. The van der Waals surface area contributed by atoms with Gasteiger partial charge in [-0.3, -0.25) is 14.2 Å². The number of nitrogens with one attached hydrogen (secondary N) is 1. The number of aromatic hydroxyl groups is 1. The number of carbonyl (C=O) groups is 1. The lowest BCUT2D eigenvalue weighted by atomic mass is 10.1. The van der Waals surface area contributed by atoms with Crippen LogP contribution in [0.15, 0.2) is 87.8 Å². The summed E-state index contributed by atoms with van der Waals surface area (Å²) in [7, 11) is 1.46. The maximum Gasteiger partial charge on any atom is 0.266 e. The number of para-hydroxylation sites is 2. The first-order chi connectivity index (χ1) is 16.5. The highest BCUT2D eigenvalue weighted by molar-refractivity contribution is 7.99. The molecule has 4 rings (SSSR count). The van der Waals surface area contributed by atoms with E-state index in [1.54, 1.807) is 37.3 Å². The van der Waals surface area contributed by atoms with Crippen molar-refractivity contribution in [3.05, 3.63) is 88.7 Å². The minimum Gasteiger partial charge on any atom is -0.504 e. The minimum atomic E-state index is -0.350. The lowest BCUT2D eigenvalue weighted by molar-refractivity contribution is -0.118. The topological polar surface area (TPSA) is 106 Å². The third kappa shape index (κ3) is 4.94. The van der Waals surface area contributed by atoms with Crippen molar-refractivity contribution in [3.63, 3.8) is 0 Å². The van der Waals surface area contributed by atoms with Crippen molar-refractivity contribution >= 4 is 34.3 Å². The second kappa shape index (κ2) is 10.2. The van der Waals surface area contributed by atoms with Gasteiger partial charge in [0, 0.05) is 5.56 Å². The molecule has 1 heterocycles. The van der Waals surface area contributed by atoms with E-state index >= 15 is 0 Å². The number of aromatic nitrogens is 2. The maximum atomic E-state index is 13.2. The molecule has 0 unspecified atom stereocenters. The van der Waals surface area contributed by atoms with E-state index in [-0.39, 0.29) is 23.0 Å². The number of benzene rings is 3. The van der Waals surface area contributed by atoms with Crippen molar-refractivity contribution < 1.29 is 14.6 Å². The smallest absolute Gasteiger partial charge is 0.266 e. The number of hydrogen-bond acceptors (Lipinski definition) is 7. The monoisotopic (exact) mass is 474 g/mol. The van der Waals surface area contributed by atoms with Gasteiger partial charge in [-0.05, 0) is 49.4 Å². The van der Waals surface area contributed by atoms with Gasteiger partial charge in [-0.2, -0.15) is 5.10 Å². The lowest BCUT2D eigenvalue weighted by Crippen LogP contribution is -2.24. The molecule has 0 aliphatic carbocycles. The molecule has 0 aliphatic rings. The van der Waals surface area contributed by atoms with Crippen LogP contribution in [0.25, 0.3) is 16.6 Å². The zero-order chi connectivity index (χ0) is 24.1. The number of hydrazone groups is 1. The molecular weight excluding hydrogens is 452 g/mol. The molecule has 172 valence electrons. The number of nitrogens with zero attached hydrogens (tertiary/aromatic N) is 3. The van der Waals surface area contributed by atoms with Crippen LogP contribution in [0.5, 0.6) is 11.5 Å². The predicted molar refractivity (Wildman–Crippen MR) is 133 cm³/mol. The molecule has 34 heavy (non-hydrogen) atoms. The molecule has 0 radical (unpaired) electrons. The Morgan fingerprint density at radius 2 is 1.85 bits per heavy atom. The number of phenols is 1. The summed E-state index contributed by atoms with van der Waals surface area (Å²) in [6.45, 7) is 1.73. The van der Waals surface area contributed by atoms with E-state index in [2.05, 4.69) is 15.5 Å². The zero-order valence-corrected chi connectivity index (χ0v) is 19.4. The molecule has 3 aromatic carbocycles. The molecule has 0 saturated carbocycles. The Labute approximate surface area is 199 Å². The van der Waals surface area contributed by atoms with Gasteiger partial charge in [-0.15, -0.1) is 0 Å². The summed E-state index contributed by atoms with van der Waals surface area (Å²) in [5.41, 5.74) is 4.80. The van der Waals surface area contributed by atoms with Crippen LogP contribution in [0.4, 0.5) is 0 Å². The van der Waals surface area contributed by atoms with Gasteiger partial charge in [0.25, 0.3) is 11.5 Å². The summed E-state index contributed by atoms with van der Waals surface area (Å²) in [6, 6.07) is 21.1. The molecule has 2 N–H and O–H groups in total. The first kappa shape index (κ1) is 23.1. The Morgan fingerprint density at radius 1 is 1.12 bits per heavy atom. The Hall–Kier alpha value is -4.11. The van der Waals surface area contributed by atoms with Gasteiger partial charge >= 0.3 is 0 Å². The van der Waals surface area contributed by atoms with Gasteiger partial charge in [0.1, 0.15) is 0 Å². The minimum absolute atomic E-state index is 0.00723. The SMILES string of the molecule is COc1cc(/C(C)=N/NC(=O)CSc2nc3ccccc3c(=O)n2-c2ccccc2)ccc1O. The van der Waals surface area contributed by atoms with Crippen LogP contribution in [0.1, 0.15) is 12.5 Å². The van der Waals surface area contributed by atoms with Crippen LogP contribution < -0.4 is 15.7 Å². The van der Waals surface area contributed by atoms with Crippen LogP contribution in [-0.4, -0.2) is 39.1 Å². The Kier molecular flexibility index (Phi) is 6.93. The highest BCUT2D eigenvalue weighted by atomic mass is 32.2. The molecular formula is C25H22N4O4S. The third-order valence-corrected chi connectivity index (χ3v) is 5.98. The van der Waals surface area contributed by atoms with E-state index in [0.717, 1.165) is 11.8 Å². The van der Waals surface area contributed by atoms with E-state index in [1.807, 2.05) is 36.4 Å². The van der Waals surface area contributed by atoms with Crippen molar-refractivity contribution in [2.24, 2.45) is 5.10 Å². The fourth-order valence-corrected chi connectivity index (χ4v) is 4.09. The van der Waals surface area contributed by atoms with Crippen LogP contribution in [0.3, 0.4) is 0 Å². The predicted octanol–water partition coefficient (Wildman–Crippen LogP) is 3.73. The van der Waals surface area contributed by atoms with E-state index in [1.165, 1.54) is 17.7 Å². The third-order valence-electron chi connectivity index (χ3n) is 5.04.